The lowest BCUT2D eigenvalue weighted by Gasteiger charge is -2.27. The first-order chi connectivity index (χ1) is 11.3. The van der Waals surface area contributed by atoms with E-state index in [9.17, 15) is 0 Å². The lowest BCUT2D eigenvalue weighted by molar-refractivity contribution is 0.756. The minimum Gasteiger partial charge on any atom is -0.273 e. The Labute approximate surface area is 150 Å². The molecule has 0 aromatic rings. The van der Waals surface area contributed by atoms with Crippen molar-refractivity contribution in [2.24, 2.45) is 0 Å². The monoisotopic (exact) mass is 361 g/mol. The predicted octanol–water partition coefficient (Wildman–Crippen LogP) is 8.13. The van der Waals surface area contributed by atoms with Crippen LogP contribution in [0.4, 0.5) is 0 Å². The van der Waals surface area contributed by atoms with Gasteiger partial charge in [0.05, 0.1) is 0 Å². The summed E-state index contributed by atoms with van der Waals surface area (Å²) in [5.41, 5.74) is 0. The molecule has 0 rings (SSSR count). The second-order valence-electron chi connectivity index (χ2n) is 6.90. The van der Waals surface area contributed by atoms with Crippen LogP contribution in [0.2, 0.25) is 0 Å². The van der Waals surface area contributed by atoms with Gasteiger partial charge in [-0.2, -0.15) is 0 Å². The van der Waals surface area contributed by atoms with Crippen molar-refractivity contribution >= 4 is 16.1 Å². The summed E-state index contributed by atoms with van der Waals surface area (Å²) in [7, 11) is 0.228. The second-order valence-corrected chi connectivity index (χ2v) is 11.7. The largest absolute Gasteiger partial charge is 0.273 e. The van der Waals surface area contributed by atoms with Gasteiger partial charge in [-0.1, -0.05) is 79.1 Å². The standard InChI is InChI=1S/C20H45NP2/c1-5-9-13-17-22(18-14-10-6-2)21-23(19-15-11-7-3)20-16-12-8-4/h21H,5-20H2,1-4H3. The van der Waals surface area contributed by atoms with Gasteiger partial charge in [0, 0.05) is 0 Å². The molecule has 1 N–H and O–H groups in total. The van der Waals surface area contributed by atoms with Crippen LogP contribution >= 0.6 is 16.1 Å². The molecule has 0 aromatic carbocycles. The fourth-order valence-electron chi connectivity index (χ4n) is 2.83. The number of hydrogen-bond donors (Lipinski definition) is 1. The van der Waals surface area contributed by atoms with Crippen LogP contribution < -0.4 is 4.86 Å². The molecule has 3 heteroatoms. The van der Waals surface area contributed by atoms with E-state index >= 15 is 0 Å². The normalized spacial score (nSPS) is 11.7. The fraction of sp³-hybridized carbons (Fsp3) is 1.00. The predicted molar refractivity (Wildman–Crippen MR) is 115 cm³/mol. The van der Waals surface area contributed by atoms with E-state index in [4.69, 9.17) is 0 Å². The van der Waals surface area contributed by atoms with Gasteiger partial charge in [-0.3, -0.25) is 4.86 Å². The van der Waals surface area contributed by atoms with Crippen LogP contribution in [-0.4, -0.2) is 24.6 Å². The highest BCUT2D eigenvalue weighted by molar-refractivity contribution is 7.71. The highest BCUT2D eigenvalue weighted by atomic mass is 31.2. The summed E-state index contributed by atoms with van der Waals surface area (Å²) >= 11 is 0. The molecule has 0 aliphatic heterocycles. The maximum atomic E-state index is 4.22. The first-order valence-electron chi connectivity index (χ1n) is 10.5. The molecular weight excluding hydrogens is 316 g/mol. The summed E-state index contributed by atoms with van der Waals surface area (Å²) < 4.78 is 0. The van der Waals surface area contributed by atoms with Crippen LogP contribution in [0.3, 0.4) is 0 Å². The summed E-state index contributed by atoms with van der Waals surface area (Å²) in [5.74, 6) is 0. The Hall–Kier alpha value is 0.820. The zero-order valence-corrected chi connectivity index (χ0v) is 18.5. The molecule has 0 fully saturated rings. The minimum absolute atomic E-state index is 0.114. The van der Waals surface area contributed by atoms with Crippen molar-refractivity contribution in [1.82, 2.24) is 4.86 Å². The summed E-state index contributed by atoms with van der Waals surface area (Å²) in [4.78, 5) is 4.22. The molecular formula is C20H45NP2. The van der Waals surface area contributed by atoms with Crippen LogP contribution in [0.15, 0.2) is 0 Å². The molecule has 0 aromatic heterocycles. The summed E-state index contributed by atoms with van der Waals surface area (Å²) in [5, 5.41) is 0. The van der Waals surface area contributed by atoms with Gasteiger partial charge in [0.25, 0.3) is 0 Å². The molecule has 0 bridgehead atoms. The molecule has 0 aliphatic carbocycles. The molecule has 0 radical (unpaired) electrons. The number of unbranched alkanes of at least 4 members (excludes halogenated alkanes) is 8. The van der Waals surface area contributed by atoms with E-state index in [1.807, 2.05) is 0 Å². The molecule has 0 saturated heterocycles. The average Bonchev–Trinajstić information content (AvgIpc) is 2.55. The molecule has 0 atom stereocenters. The first-order valence-corrected chi connectivity index (χ1v) is 14.0. The summed E-state index contributed by atoms with van der Waals surface area (Å²) in [6.07, 6.45) is 22.9. The molecule has 0 aliphatic rings. The van der Waals surface area contributed by atoms with Crippen LogP contribution in [-0.2, 0) is 0 Å². The Balaban J connectivity index is 4.31. The fourth-order valence-corrected chi connectivity index (χ4v) is 8.90. The molecule has 23 heavy (non-hydrogen) atoms. The van der Waals surface area contributed by atoms with E-state index in [0.717, 1.165) is 0 Å². The lowest BCUT2D eigenvalue weighted by Crippen LogP contribution is -2.11. The molecule has 0 unspecified atom stereocenters. The van der Waals surface area contributed by atoms with E-state index in [2.05, 4.69) is 32.6 Å². The maximum Gasteiger partial charge on any atom is -0.0192 e. The van der Waals surface area contributed by atoms with Crippen molar-refractivity contribution in [3.05, 3.63) is 0 Å². The Morgan fingerprint density at radius 3 is 0.913 bits per heavy atom. The van der Waals surface area contributed by atoms with Gasteiger partial charge >= 0.3 is 0 Å². The molecule has 140 valence electrons. The Kier molecular flexibility index (Phi) is 19.8. The van der Waals surface area contributed by atoms with E-state index in [1.54, 1.807) is 0 Å². The van der Waals surface area contributed by atoms with Crippen LogP contribution in [0.25, 0.3) is 0 Å². The Bertz CT molecular complexity index is 182. The SMILES string of the molecule is CCCCCP(CCCCC)NP(CCCCC)CCCCC. The minimum atomic E-state index is 0.114. The zero-order valence-electron chi connectivity index (χ0n) is 16.7. The van der Waals surface area contributed by atoms with Gasteiger partial charge in [-0.25, -0.2) is 0 Å². The Morgan fingerprint density at radius 1 is 0.435 bits per heavy atom. The van der Waals surface area contributed by atoms with E-state index in [0.29, 0.717) is 0 Å². The van der Waals surface area contributed by atoms with E-state index in [-0.39, 0.29) is 16.1 Å². The van der Waals surface area contributed by atoms with Gasteiger partial charge < -0.3 is 0 Å². The third-order valence-corrected chi connectivity index (χ3v) is 10.1. The van der Waals surface area contributed by atoms with Crippen molar-refractivity contribution in [3.8, 4) is 0 Å². The van der Waals surface area contributed by atoms with Crippen LogP contribution in [0.1, 0.15) is 105 Å². The van der Waals surface area contributed by atoms with Crippen LogP contribution in [0.5, 0.6) is 0 Å². The van der Waals surface area contributed by atoms with Crippen LogP contribution in [0, 0.1) is 0 Å². The first kappa shape index (κ1) is 23.8. The number of rotatable bonds is 18. The lowest BCUT2D eigenvalue weighted by atomic mass is 10.3. The van der Waals surface area contributed by atoms with Crippen molar-refractivity contribution in [1.29, 1.82) is 0 Å². The molecule has 1 nitrogen and oxygen atoms in total. The molecule has 0 heterocycles. The molecule has 0 amide bonds. The Morgan fingerprint density at radius 2 is 0.696 bits per heavy atom. The number of nitrogens with one attached hydrogen (secondary N) is 1. The highest BCUT2D eigenvalue weighted by Gasteiger charge is 2.14. The van der Waals surface area contributed by atoms with Crippen molar-refractivity contribution in [3.63, 3.8) is 0 Å². The second kappa shape index (κ2) is 19.1. The third-order valence-electron chi connectivity index (χ3n) is 4.41. The average molecular weight is 362 g/mol. The van der Waals surface area contributed by atoms with Crippen molar-refractivity contribution in [2.45, 2.75) is 105 Å². The van der Waals surface area contributed by atoms with Gasteiger partial charge in [0.1, 0.15) is 0 Å². The summed E-state index contributed by atoms with van der Waals surface area (Å²) in [6.45, 7) is 9.31. The van der Waals surface area contributed by atoms with E-state index < -0.39 is 0 Å². The summed E-state index contributed by atoms with van der Waals surface area (Å²) in [6, 6.07) is 0. The zero-order chi connectivity index (χ0) is 17.2. The molecule has 0 saturated carbocycles. The smallest absolute Gasteiger partial charge is 0.0192 e. The quantitative estimate of drug-likeness (QED) is 0.192. The molecule has 0 spiro atoms. The third kappa shape index (κ3) is 16.1. The van der Waals surface area contributed by atoms with E-state index in [1.165, 1.54) is 102 Å². The van der Waals surface area contributed by atoms with Gasteiger partial charge in [0.15, 0.2) is 0 Å². The van der Waals surface area contributed by atoms with Gasteiger partial charge in [0.2, 0.25) is 0 Å². The maximum absolute atomic E-state index is 4.22. The van der Waals surface area contributed by atoms with Gasteiger partial charge in [-0.15, -0.1) is 0 Å². The van der Waals surface area contributed by atoms with Gasteiger partial charge in [-0.05, 0) is 66.5 Å². The topological polar surface area (TPSA) is 12.0 Å². The highest BCUT2D eigenvalue weighted by Crippen LogP contribution is 2.46. The van der Waals surface area contributed by atoms with Crippen molar-refractivity contribution < 1.29 is 0 Å². The number of hydrogen-bond acceptors (Lipinski definition) is 1. The van der Waals surface area contributed by atoms with Crippen molar-refractivity contribution in [2.75, 3.05) is 24.6 Å².